The number of rotatable bonds is 4. The summed E-state index contributed by atoms with van der Waals surface area (Å²) in [5.74, 6) is 0. The molecule has 210 valence electrons. The first kappa shape index (κ1) is 26.0. The fourth-order valence-electron chi connectivity index (χ4n) is 6.32. The van der Waals surface area contributed by atoms with Crippen LogP contribution in [0.3, 0.4) is 0 Å². The zero-order chi connectivity index (χ0) is 29.6. The highest BCUT2D eigenvalue weighted by atomic mass is 15.3. The summed E-state index contributed by atoms with van der Waals surface area (Å²) >= 11 is 0. The number of para-hydroxylation sites is 6. The zero-order valence-electron chi connectivity index (χ0n) is 24.8. The molecular weight excluding hydrogens is 534 g/mol. The van der Waals surface area contributed by atoms with E-state index >= 15 is 0 Å². The highest BCUT2D eigenvalue weighted by Crippen LogP contribution is 2.55. The molecule has 0 radical (unpaired) electrons. The smallest absolute Gasteiger partial charge is 0.0956 e. The van der Waals surface area contributed by atoms with Crippen molar-refractivity contribution in [2.75, 3.05) is 9.80 Å². The van der Waals surface area contributed by atoms with Crippen LogP contribution in [0, 0.1) is 13.8 Å². The Bertz CT molecular complexity index is 2080. The van der Waals surface area contributed by atoms with Crippen LogP contribution in [0.2, 0.25) is 0 Å². The maximum absolute atomic E-state index is 5.42. The highest BCUT2D eigenvalue weighted by molar-refractivity contribution is 6.09. The number of benzene rings is 6. The zero-order valence-corrected chi connectivity index (χ0v) is 24.8. The Labute approximate surface area is 258 Å². The van der Waals surface area contributed by atoms with Crippen LogP contribution in [0.15, 0.2) is 152 Å². The van der Waals surface area contributed by atoms with Gasteiger partial charge in [0.1, 0.15) is 0 Å². The number of hydrogen-bond donors (Lipinski definition) is 0. The van der Waals surface area contributed by atoms with Gasteiger partial charge >= 0.3 is 0 Å². The Morgan fingerprint density at radius 3 is 1.52 bits per heavy atom. The number of fused-ring (bicyclic) bond motifs is 3. The molecule has 44 heavy (non-hydrogen) atoms. The fourth-order valence-corrected chi connectivity index (χ4v) is 6.32. The molecule has 6 aromatic carbocycles. The molecule has 3 heteroatoms. The Morgan fingerprint density at radius 1 is 0.432 bits per heavy atom. The van der Waals surface area contributed by atoms with Gasteiger partial charge in [0, 0.05) is 16.6 Å². The molecule has 0 atom stereocenters. The van der Waals surface area contributed by atoms with E-state index in [9.17, 15) is 0 Å². The van der Waals surface area contributed by atoms with E-state index in [0.717, 1.165) is 56.3 Å². The van der Waals surface area contributed by atoms with Crippen LogP contribution in [-0.4, -0.2) is 4.98 Å². The quantitative estimate of drug-likeness (QED) is 0.212. The second-order valence-electron chi connectivity index (χ2n) is 11.4. The minimum atomic E-state index is 0.963. The Hall–Kier alpha value is -5.67. The van der Waals surface area contributed by atoms with Crippen molar-refractivity contribution in [1.82, 2.24) is 4.98 Å². The van der Waals surface area contributed by atoms with Gasteiger partial charge in [0.25, 0.3) is 0 Å². The van der Waals surface area contributed by atoms with Crippen molar-refractivity contribution in [1.29, 1.82) is 0 Å². The standard InChI is InChI=1S/C41H31N3/c1-28-19-23-30(24-20-28)34-27-35(31-25-21-29(2)22-26-31)42-41-33(34)13-10-18-40(41)44-38-16-8-6-14-36(38)43(32-11-4-3-5-12-32)37-15-7-9-17-39(37)44/h3-27H,1-2H3. The van der Waals surface area contributed by atoms with Crippen LogP contribution < -0.4 is 9.80 Å². The van der Waals surface area contributed by atoms with Gasteiger partial charge in [-0.3, -0.25) is 0 Å². The van der Waals surface area contributed by atoms with Crippen LogP contribution in [-0.2, 0) is 0 Å². The van der Waals surface area contributed by atoms with Gasteiger partial charge in [-0.05, 0) is 73.5 Å². The summed E-state index contributed by atoms with van der Waals surface area (Å²) in [6, 6.07) is 54.2. The first-order valence-corrected chi connectivity index (χ1v) is 15.1. The number of pyridine rings is 1. The van der Waals surface area contributed by atoms with Crippen molar-refractivity contribution in [2.45, 2.75) is 13.8 Å². The molecule has 0 N–H and O–H groups in total. The lowest BCUT2D eigenvalue weighted by Gasteiger charge is -2.40. The molecule has 7 aromatic rings. The maximum Gasteiger partial charge on any atom is 0.0956 e. The van der Waals surface area contributed by atoms with Crippen molar-refractivity contribution in [3.05, 3.63) is 163 Å². The fraction of sp³-hybridized carbons (Fsp3) is 0.0488. The van der Waals surface area contributed by atoms with Crippen molar-refractivity contribution >= 4 is 45.0 Å². The summed E-state index contributed by atoms with van der Waals surface area (Å²) in [5, 5.41) is 1.13. The molecule has 8 rings (SSSR count). The summed E-state index contributed by atoms with van der Waals surface area (Å²) in [7, 11) is 0. The molecular formula is C41H31N3. The van der Waals surface area contributed by atoms with Gasteiger partial charge in [0.05, 0.1) is 39.6 Å². The Balaban J connectivity index is 1.42. The molecule has 1 aliphatic rings. The molecule has 0 unspecified atom stereocenters. The van der Waals surface area contributed by atoms with Crippen molar-refractivity contribution in [2.24, 2.45) is 0 Å². The lowest BCUT2D eigenvalue weighted by atomic mass is 9.96. The topological polar surface area (TPSA) is 19.4 Å². The first-order valence-electron chi connectivity index (χ1n) is 15.1. The van der Waals surface area contributed by atoms with Gasteiger partial charge in [-0.25, -0.2) is 4.98 Å². The van der Waals surface area contributed by atoms with Crippen LogP contribution >= 0.6 is 0 Å². The molecule has 0 bridgehead atoms. The van der Waals surface area contributed by atoms with Crippen molar-refractivity contribution < 1.29 is 0 Å². The van der Waals surface area contributed by atoms with Gasteiger partial charge in [-0.15, -0.1) is 0 Å². The van der Waals surface area contributed by atoms with Crippen LogP contribution in [0.1, 0.15) is 11.1 Å². The van der Waals surface area contributed by atoms with Crippen molar-refractivity contribution in [3.63, 3.8) is 0 Å². The van der Waals surface area contributed by atoms with E-state index < -0.39 is 0 Å². The Kier molecular flexibility index (Phi) is 6.23. The van der Waals surface area contributed by atoms with Gasteiger partial charge < -0.3 is 9.80 Å². The Morgan fingerprint density at radius 2 is 0.932 bits per heavy atom. The number of aromatic nitrogens is 1. The van der Waals surface area contributed by atoms with E-state index in [-0.39, 0.29) is 0 Å². The largest absolute Gasteiger partial charge is 0.306 e. The number of nitrogens with zero attached hydrogens (tertiary/aromatic N) is 3. The summed E-state index contributed by atoms with van der Waals surface area (Å²) in [6.45, 7) is 4.26. The summed E-state index contributed by atoms with van der Waals surface area (Å²) in [6.07, 6.45) is 0. The van der Waals surface area contributed by atoms with Gasteiger partial charge in [-0.2, -0.15) is 0 Å². The first-order chi connectivity index (χ1) is 21.7. The number of hydrogen-bond acceptors (Lipinski definition) is 3. The molecule has 0 saturated carbocycles. The second-order valence-corrected chi connectivity index (χ2v) is 11.4. The maximum atomic E-state index is 5.42. The summed E-state index contributed by atoms with van der Waals surface area (Å²) in [4.78, 5) is 10.2. The van der Waals surface area contributed by atoms with Crippen LogP contribution in [0.5, 0.6) is 0 Å². The molecule has 3 nitrogen and oxygen atoms in total. The third-order valence-corrected chi connectivity index (χ3v) is 8.51. The van der Waals surface area contributed by atoms with E-state index in [0.29, 0.717) is 0 Å². The minimum Gasteiger partial charge on any atom is -0.306 e. The second kappa shape index (κ2) is 10.6. The summed E-state index contributed by atoms with van der Waals surface area (Å²) < 4.78 is 0. The molecule has 2 heterocycles. The normalized spacial score (nSPS) is 12.2. The lowest BCUT2D eigenvalue weighted by molar-refractivity contribution is 1.17. The molecule has 1 aliphatic heterocycles. The van der Waals surface area contributed by atoms with Gasteiger partial charge in [0.2, 0.25) is 0 Å². The van der Waals surface area contributed by atoms with E-state index in [4.69, 9.17) is 4.98 Å². The molecule has 1 aromatic heterocycles. The third kappa shape index (κ3) is 4.33. The van der Waals surface area contributed by atoms with E-state index in [1.165, 1.54) is 22.3 Å². The van der Waals surface area contributed by atoms with Crippen LogP contribution in [0.4, 0.5) is 34.1 Å². The number of anilines is 6. The predicted octanol–water partition coefficient (Wildman–Crippen LogP) is 11.4. The summed E-state index contributed by atoms with van der Waals surface area (Å²) in [5.41, 5.74) is 14.5. The van der Waals surface area contributed by atoms with Crippen LogP contribution in [0.25, 0.3) is 33.3 Å². The monoisotopic (exact) mass is 565 g/mol. The van der Waals surface area contributed by atoms with E-state index in [1.807, 2.05) is 0 Å². The molecule has 0 saturated heterocycles. The average Bonchev–Trinajstić information content (AvgIpc) is 3.07. The van der Waals surface area contributed by atoms with Gasteiger partial charge in [-0.1, -0.05) is 114 Å². The van der Waals surface area contributed by atoms with Gasteiger partial charge in [0.15, 0.2) is 0 Å². The SMILES string of the molecule is Cc1ccc(-c2cc(-c3ccc(C)cc3)c3cccc(N4c5ccccc5N(c5ccccc5)c5ccccc54)c3n2)cc1. The molecule has 0 amide bonds. The minimum absolute atomic E-state index is 0.963. The molecule has 0 fully saturated rings. The highest BCUT2D eigenvalue weighted by Gasteiger charge is 2.31. The lowest BCUT2D eigenvalue weighted by Crippen LogP contribution is -2.24. The van der Waals surface area contributed by atoms with E-state index in [2.05, 4.69) is 175 Å². The van der Waals surface area contributed by atoms with E-state index in [1.54, 1.807) is 0 Å². The molecule has 0 spiro atoms. The predicted molar refractivity (Wildman–Crippen MR) is 185 cm³/mol. The third-order valence-electron chi connectivity index (χ3n) is 8.51. The number of aryl methyl sites for hydroxylation is 2. The van der Waals surface area contributed by atoms with Crippen molar-refractivity contribution in [3.8, 4) is 22.4 Å². The molecule has 0 aliphatic carbocycles. The average molecular weight is 566 g/mol.